The summed E-state index contributed by atoms with van der Waals surface area (Å²) in [4.78, 5) is 4.02. The molecule has 1 aromatic carbocycles. The second-order valence-corrected chi connectivity index (χ2v) is 3.96. The predicted molar refractivity (Wildman–Crippen MR) is 81.6 cm³/mol. The van der Waals surface area contributed by atoms with E-state index < -0.39 is 0 Å². The van der Waals surface area contributed by atoms with Crippen LogP contribution in [0.2, 0.25) is 0 Å². The van der Waals surface area contributed by atoms with E-state index in [1.54, 1.807) is 6.92 Å². The number of aliphatic hydroxyl groups is 1. The van der Waals surface area contributed by atoms with Gasteiger partial charge in [-0.2, -0.15) is 0 Å². The Morgan fingerprint density at radius 3 is 2.35 bits per heavy atom. The minimum Gasteiger partial charge on any atom is -0.393 e. The van der Waals surface area contributed by atoms with Gasteiger partial charge in [0.05, 0.1) is 6.10 Å². The van der Waals surface area contributed by atoms with Crippen LogP contribution in [0.15, 0.2) is 35.3 Å². The van der Waals surface area contributed by atoms with Gasteiger partial charge in [-0.05, 0) is 18.9 Å². The molecule has 17 heavy (non-hydrogen) atoms. The fourth-order valence-electron chi connectivity index (χ4n) is 1.67. The third kappa shape index (κ3) is 6.48. The molecule has 5 N–H and O–H groups in total. The summed E-state index contributed by atoms with van der Waals surface area (Å²) in [5.74, 6) is 0.245. The molecule has 0 fully saturated rings. The van der Waals surface area contributed by atoms with Crippen LogP contribution in [-0.4, -0.2) is 23.7 Å². The van der Waals surface area contributed by atoms with Crippen molar-refractivity contribution < 1.29 is 5.11 Å². The molecular weight excluding hydrogens is 329 g/mol. The Morgan fingerprint density at radius 1 is 1.29 bits per heavy atom. The number of nitrogens with zero attached hydrogens (tertiary/aromatic N) is 1. The lowest BCUT2D eigenvalue weighted by molar-refractivity contribution is 0.175. The minimum atomic E-state index is -0.362. The Balaban J connectivity index is 0.00000256. The number of benzene rings is 1. The van der Waals surface area contributed by atoms with Crippen LogP contribution in [0.25, 0.3) is 0 Å². The molecule has 0 spiro atoms. The molecule has 0 saturated heterocycles. The van der Waals surface area contributed by atoms with Crippen molar-refractivity contribution in [2.45, 2.75) is 25.4 Å². The SMILES string of the molecule is CC(O)CC(CN=C(N)N)c1ccccc1.I. The standard InChI is InChI=1S/C12H19N3O.HI/c1-9(16)7-11(8-15-12(13)14)10-5-3-2-4-6-10;/h2-6,9,11,16H,7-8H2,1H3,(H4,13,14,15);1H. The Hall–Kier alpha value is -0.820. The highest BCUT2D eigenvalue weighted by molar-refractivity contribution is 14.0. The van der Waals surface area contributed by atoms with E-state index in [4.69, 9.17) is 11.5 Å². The minimum absolute atomic E-state index is 0. The Bertz CT molecular complexity index is 337. The third-order valence-corrected chi connectivity index (χ3v) is 2.39. The third-order valence-electron chi connectivity index (χ3n) is 2.39. The van der Waals surface area contributed by atoms with E-state index in [0.29, 0.717) is 13.0 Å². The molecule has 5 heteroatoms. The molecule has 2 atom stereocenters. The molecule has 0 aliphatic carbocycles. The van der Waals surface area contributed by atoms with Crippen molar-refractivity contribution in [3.05, 3.63) is 35.9 Å². The second kappa shape index (κ2) is 8.30. The molecule has 2 unspecified atom stereocenters. The first-order chi connectivity index (χ1) is 7.59. The summed E-state index contributed by atoms with van der Waals surface area (Å²) in [6.07, 6.45) is 0.292. The van der Waals surface area contributed by atoms with E-state index in [9.17, 15) is 5.11 Å². The van der Waals surface area contributed by atoms with Gasteiger partial charge < -0.3 is 16.6 Å². The van der Waals surface area contributed by atoms with Gasteiger partial charge in [0.1, 0.15) is 0 Å². The van der Waals surface area contributed by atoms with Crippen molar-refractivity contribution in [2.24, 2.45) is 16.5 Å². The molecule has 1 aromatic rings. The average molecular weight is 349 g/mol. The molecule has 0 saturated carbocycles. The maximum Gasteiger partial charge on any atom is 0.185 e. The zero-order valence-electron chi connectivity index (χ0n) is 9.91. The Kier molecular flexibility index (Phi) is 7.90. The van der Waals surface area contributed by atoms with E-state index >= 15 is 0 Å². The number of hydrogen-bond donors (Lipinski definition) is 3. The number of nitrogens with two attached hydrogens (primary N) is 2. The normalized spacial score (nSPS) is 13.3. The van der Waals surface area contributed by atoms with Crippen molar-refractivity contribution in [2.75, 3.05) is 6.54 Å². The van der Waals surface area contributed by atoms with Gasteiger partial charge in [-0.15, -0.1) is 24.0 Å². The van der Waals surface area contributed by atoms with Crippen molar-refractivity contribution in [3.8, 4) is 0 Å². The van der Waals surface area contributed by atoms with E-state index in [1.807, 2.05) is 30.3 Å². The molecule has 96 valence electrons. The van der Waals surface area contributed by atoms with Gasteiger partial charge in [-0.1, -0.05) is 30.3 Å². The first-order valence-corrected chi connectivity index (χ1v) is 5.38. The molecule has 4 nitrogen and oxygen atoms in total. The summed E-state index contributed by atoms with van der Waals surface area (Å²) in [5.41, 5.74) is 11.8. The van der Waals surface area contributed by atoms with Gasteiger partial charge in [0.2, 0.25) is 0 Å². The number of aliphatic hydroxyl groups excluding tert-OH is 1. The van der Waals surface area contributed by atoms with E-state index in [2.05, 4.69) is 4.99 Å². The van der Waals surface area contributed by atoms with Crippen molar-refractivity contribution in [1.29, 1.82) is 0 Å². The number of aliphatic imine (C=N–C) groups is 1. The largest absolute Gasteiger partial charge is 0.393 e. The summed E-state index contributed by atoms with van der Waals surface area (Å²) >= 11 is 0. The van der Waals surface area contributed by atoms with Gasteiger partial charge in [0.25, 0.3) is 0 Å². The molecule has 0 aliphatic rings. The van der Waals surface area contributed by atoms with Crippen LogP contribution in [0.1, 0.15) is 24.8 Å². The second-order valence-electron chi connectivity index (χ2n) is 3.96. The van der Waals surface area contributed by atoms with Gasteiger partial charge in [0, 0.05) is 12.5 Å². The molecule has 0 heterocycles. The van der Waals surface area contributed by atoms with Crippen molar-refractivity contribution >= 4 is 29.9 Å². The van der Waals surface area contributed by atoms with Crippen LogP contribution in [0.3, 0.4) is 0 Å². The van der Waals surface area contributed by atoms with Crippen LogP contribution < -0.4 is 11.5 Å². The summed E-state index contributed by atoms with van der Waals surface area (Å²) in [6, 6.07) is 9.95. The predicted octanol–water partition coefficient (Wildman–Crippen LogP) is 1.43. The molecular formula is C12H20IN3O. The van der Waals surface area contributed by atoms with E-state index in [-0.39, 0.29) is 42.0 Å². The van der Waals surface area contributed by atoms with E-state index in [1.165, 1.54) is 0 Å². The number of rotatable bonds is 5. The molecule has 0 bridgehead atoms. The van der Waals surface area contributed by atoms with Crippen molar-refractivity contribution in [3.63, 3.8) is 0 Å². The van der Waals surface area contributed by atoms with Gasteiger partial charge in [-0.25, -0.2) is 0 Å². The highest BCUT2D eigenvalue weighted by Crippen LogP contribution is 2.21. The lowest BCUT2D eigenvalue weighted by Crippen LogP contribution is -2.24. The highest BCUT2D eigenvalue weighted by Gasteiger charge is 2.13. The van der Waals surface area contributed by atoms with Crippen LogP contribution >= 0.6 is 24.0 Å². The maximum absolute atomic E-state index is 9.44. The fourth-order valence-corrected chi connectivity index (χ4v) is 1.67. The topological polar surface area (TPSA) is 84.6 Å². The molecule has 0 aromatic heterocycles. The summed E-state index contributed by atoms with van der Waals surface area (Å²) in [7, 11) is 0. The zero-order valence-corrected chi connectivity index (χ0v) is 12.2. The smallest absolute Gasteiger partial charge is 0.185 e. The molecule has 0 amide bonds. The molecule has 1 rings (SSSR count). The lowest BCUT2D eigenvalue weighted by Gasteiger charge is -2.16. The maximum atomic E-state index is 9.44. The number of hydrogen-bond acceptors (Lipinski definition) is 2. The monoisotopic (exact) mass is 349 g/mol. The first-order valence-electron chi connectivity index (χ1n) is 5.38. The fraction of sp³-hybridized carbons (Fsp3) is 0.417. The van der Waals surface area contributed by atoms with Crippen LogP contribution in [0.4, 0.5) is 0 Å². The van der Waals surface area contributed by atoms with Crippen molar-refractivity contribution in [1.82, 2.24) is 0 Å². The quantitative estimate of drug-likeness (QED) is 0.427. The van der Waals surface area contributed by atoms with Crippen LogP contribution in [0.5, 0.6) is 0 Å². The number of halogens is 1. The molecule has 0 radical (unpaired) electrons. The highest BCUT2D eigenvalue weighted by atomic mass is 127. The van der Waals surface area contributed by atoms with Gasteiger partial charge in [-0.3, -0.25) is 4.99 Å². The number of guanidine groups is 1. The Labute approximate surface area is 119 Å². The molecule has 0 aliphatic heterocycles. The Morgan fingerprint density at radius 2 is 1.88 bits per heavy atom. The summed E-state index contributed by atoms with van der Waals surface area (Å²) in [6.45, 7) is 2.28. The van der Waals surface area contributed by atoms with Crippen LogP contribution in [-0.2, 0) is 0 Å². The summed E-state index contributed by atoms with van der Waals surface area (Å²) < 4.78 is 0. The van der Waals surface area contributed by atoms with E-state index in [0.717, 1.165) is 5.56 Å². The van der Waals surface area contributed by atoms with Gasteiger partial charge >= 0.3 is 0 Å². The lowest BCUT2D eigenvalue weighted by atomic mass is 9.93. The first kappa shape index (κ1) is 16.2. The summed E-state index contributed by atoms with van der Waals surface area (Å²) in [5, 5.41) is 9.44. The average Bonchev–Trinajstić information content (AvgIpc) is 2.25. The van der Waals surface area contributed by atoms with Crippen LogP contribution in [0, 0.1) is 0 Å². The zero-order chi connectivity index (χ0) is 12.0. The van der Waals surface area contributed by atoms with Gasteiger partial charge in [0.15, 0.2) is 5.96 Å².